The van der Waals surface area contributed by atoms with E-state index in [1.807, 2.05) is 47.7 Å². The number of rotatable bonds is 6. The van der Waals surface area contributed by atoms with Crippen LogP contribution in [-0.4, -0.2) is 4.98 Å². The predicted octanol–water partition coefficient (Wildman–Crippen LogP) is 13.8. The fourth-order valence-electron chi connectivity index (χ4n) is 7.31. The molecular weight excluding hydrogens is 641 g/mol. The number of nitrogens with zero attached hydrogens (tertiary/aromatic N) is 2. The maximum Gasteiger partial charge on any atom is 0.227 e. The lowest BCUT2D eigenvalue weighted by Gasteiger charge is -2.28. The molecular formula is C47H30N2OS. The second-order valence-electron chi connectivity index (χ2n) is 12.7. The second kappa shape index (κ2) is 12.1. The molecule has 0 fully saturated rings. The highest BCUT2D eigenvalue weighted by molar-refractivity contribution is 7.25. The van der Waals surface area contributed by atoms with Crippen LogP contribution in [0.25, 0.3) is 75.8 Å². The number of anilines is 3. The average molecular weight is 671 g/mol. The van der Waals surface area contributed by atoms with E-state index in [0.717, 1.165) is 55.6 Å². The van der Waals surface area contributed by atoms with Crippen molar-refractivity contribution in [3.63, 3.8) is 0 Å². The van der Waals surface area contributed by atoms with Crippen LogP contribution < -0.4 is 4.90 Å². The first kappa shape index (κ1) is 29.4. The minimum atomic E-state index is 0.637. The Balaban J connectivity index is 1.10. The lowest BCUT2D eigenvalue weighted by molar-refractivity contribution is 0.620. The molecule has 2 heterocycles. The van der Waals surface area contributed by atoms with E-state index < -0.39 is 0 Å². The Kier molecular flexibility index (Phi) is 7.00. The van der Waals surface area contributed by atoms with Gasteiger partial charge in [0.05, 0.1) is 5.69 Å². The van der Waals surface area contributed by atoms with Crippen LogP contribution in [0.15, 0.2) is 186 Å². The normalized spacial score (nSPS) is 11.5. The van der Waals surface area contributed by atoms with E-state index in [0.29, 0.717) is 5.89 Å². The first-order chi connectivity index (χ1) is 25.3. The number of hydrogen-bond acceptors (Lipinski definition) is 4. The molecule has 10 rings (SSSR count). The zero-order valence-corrected chi connectivity index (χ0v) is 28.3. The van der Waals surface area contributed by atoms with Gasteiger partial charge in [-0.3, -0.25) is 0 Å². The van der Waals surface area contributed by atoms with Crippen LogP contribution in [0, 0.1) is 0 Å². The van der Waals surface area contributed by atoms with Crippen LogP contribution in [-0.2, 0) is 0 Å². The van der Waals surface area contributed by atoms with Crippen LogP contribution in [0.2, 0.25) is 0 Å². The summed E-state index contributed by atoms with van der Waals surface area (Å²) in [5, 5.41) is 4.82. The Morgan fingerprint density at radius 3 is 1.90 bits per heavy atom. The molecule has 0 atom stereocenters. The lowest BCUT2D eigenvalue weighted by atomic mass is 9.97. The van der Waals surface area contributed by atoms with Crippen LogP contribution in [0.3, 0.4) is 0 Å². The molecule has 10 aromatic rings. The predicted molar refractivity (Wildman–Crippen MR) is 215 cm³/mol. The van der Waals surface area contributed by atoms with Crippen molar-refractivity contribution in [1.29, 1.82) is 0 Å². The first-order valence-corrected chi connectivity index (χ1v) is 17.9. The second-order valence-corrected chi connectivity index (χ2v) is 13.8. The van der Waals surface area contributed by atoms with E-state index in [1.165, 1.54) is 31.3 Å². The molecule has 0 aliphatic rings. The molecule has 240 valence electrons. The highest BCUT2D eigenvalue weighted by Crippen LogP contribution is 2.44. The van der Waals surface area contributed by atoms with Gasteiger partial charge >= 0.3 is 0 Å². The van der Waals surface area contributed by atoms with Gasteiger partial charge in [0.2, 0.25) is 5.89 Å². The van der Waals surface area contributed by atoms with E-state index in [2.05, 4.69) is 150 Å². The number of oxazole rings is 1. The molecule has 51 heavy (non-hydrogen) atoms. The van der Waals surface area contributed by atoms with E-state index in [-0.39, 0.29) is 0 Å². The zero-order chi connectivity index (χ0) is 33.7. The minimum absolute atomic E-state index is 0.637. The maximum absolute atomic E-state index is 6.20. The number of para-hydroxylation sites is 1. The number of aromatic nitrogens is 1. The summed E-state index contributed by atoms with van der Waals surface area (Å²) in [5.41, 5.74) is 10.7. The SMILES string of the molecule is c1ccc(-c2nc3c(ccc4c(-c5ccc(N(c6ccc7c(c6)sc6ccccc67)c6ccccc6-c6ccccc6)cc5)cccc43)o2)cc1. The van der Waals surface area contributed by atoms with E-state index >= 15 is 0 Å². The zero-order valence-electron chi connectivity index (χ0n) is 27.5. The molecule has 2 aromatic heterocycles. The van der Waals surface area contributed by atoms with Gasteiger partial charge in [0, 0.05) is 48.1 Å². The van der Waals surface area contributed by atoms with Crippen molar-refractivity contribution in [2.75, 3.05) is 4.90 Å². The summed E-state index contributed by atoms with van der Waals surface area (Å²) >= 11 is 1.85. The van der Waals surface area contributed by atoms with Gasteiger partial charge in [-0.05, 0) is 82.7 Å². The Labute approximate surface area is 299 Å². The smallest absolute Gasteiger partial charge is 0.227 e. The molecule has 8 aromatic carbocycles. The quantitative estimate of drug-likeness (QED) is 0.176. The minimum Gasteiger partial charge on any atom is -0.436 e. The van der Waals surface area contributed by atoms with Gasteiger partial charge in [-0.15, -0.1) is 11.3 Å². The van der Waals surface area contributed by atoms with Crippen LogP contribution in [0.4, 0.5) is 17.1 Å². The molecule has 0 aliphatic heterocycles. The van der Waals surface area contributed by atoms with Crippen LogP contribution in [0.1, 0.15) is 0 Å². The van der Waals surface area contributed by atoms with E-state index in [1.54, 1.807) is 0 Å². The van der Waals surface area contributed by atoms with Crippen LogP contribution >= 0.6 is 11.3 Å². The number of fused-ring (bicyclic) bond motifs is 6. The van der Waals surface area contributed by atoms with E-state index in [4.69, 9.17) is 9.40 Å². The van der Waals surface area contributed by atoms with Crippen molar-refractivity contribution >= 4 is 70.4 Å². The number of thiophene rings is 1. The third-order valence-corrected chi connectivity index (χ3v) is 10.9. The van der Waals surface area contributed by atoms with Gasteiger partial charge in [-0.2, -0.15) is 0 Å². The third kappa shape index (κ3) is 5.08. The van der Waals surface area contributed by atoms with Crippen molar-refractivity contribution in [3.8, 4) is 33.7 Å². The standard InChI is InChI=1S/C47H30N2OS/c1-3-12-31(13-4-1)37-16-7-9-20-42(37)49(35-26-27-40-39-17-8-10-21-44(39)51-45(40)30-35)34-24-22-32(23-25-34)36-18-11-19-41-38(36)28-29-43-46(41)48-47(50-43)33-14-5-2-6-15-33/h1-30H. The summed E-state index contributed by atoms with van der Waals surface area (Å²) in [6.07, 6.45) is 0. The van der Waals surface area contributed by atoms with Crippen molar-refractivity contribution in [2.45, 2.75) is 0 Å². The summed E-state index contributed by atoms with van der Waals surface area (Å²) in [6.45, 7) is 0. The molecule has 0 bridgehead atoms. The Bertz CT molecular complexity index is 2850. The van der Waals surface area contributed by atoms with Gasteiger partial charge < -0.3 is 9.32 Å². The number of benzene rings is 8. The summed E-state index contributed by atoms with van der Waals surface area (Å²) in [7, 11) is 0. The van der Waals surface area contributed by atoms with Gasteiger partial charge in [-0.25, -0.2) is 4.98 Å². The molecule has 0 saturated heterocycles. The summed E-state index contributed by atoms with van der Waals surface area (Å²) in [6, 6.07) is 64.6. The summed E-state index contributed by atoms with van der Waals surface area (Å²) in [4.78, 5) is 7.34. The van der Waals surface area contributed by atoms with Crippen molar-refractivity contribution in [1.82, 2.24) is 4.98 Å². The van der Waals surface area contributed by atoms with Crippen molar-refractivity contribution in [2.24, 2.45) is 0 Å². The Morgan fingerprint density at radius 1 is 0.431 bits per heavy atom. The Hall–Kier alpha value is -6.49. The molecule has 0 N–H and O–H groups in total. The molecule has 0 radical (unpaired) electrons. The Morgan fingerprint density at radius 2 is 1.06 bits per heavy atom. The van der Waals surface area contributed by atoms with Gasteiger partial charge in [0.1, 0.15) is 5.52 Å². The number of hydrogen-bond donors (Lipinski definition) is 0. The first-order valence-electron chi connectivity index (χ1n) is 17.1. The van der Waals surface area contributed by atoms with Crippen molar-refractivity contribution in [3.05, 3.63) is 182 Å². The fourth-order valence-corrected chi connectivity index (χ4v) is 8.44. The lowest BCUT2D eigenvalue weighted by Crippen LogP contribution is -2.11. The average Bonchev–Trinajstić information content (AvgIpc) is 3.81. The molecule has 0 amide bonds. The molecule has 0 saturated carbocycles. The largest absolute Gasteiger partial charge is 0.436 e. The van der Waals surface area contributed by atoms with Crippen molar-refractivity contribution < 1.29 is 4.42 Å². The molecule has 0 spiro atoms. The fraction of sp³-hybridized carbons (Fsp3) is 0. The monoisotopic (exact) mass is 670 g/mol. The molecule has 0 unspecified atom stereocenters. The van der Waals surface area contributed by atoms with E-state index in [9.17, 15) is 0 Å². The van der Waals surface area contributed by atoms with Gasteiger partial charge in [0.15, 0.2) is 5.58 Å². The van der Waals surface area contributed by atoms with Gasteiger partial charge in [-0.1, -0.05) is 121 Å². The topological polar surface area (TPSA) is 29.3 Å². The highest BCUT2D eigenvalue weighted by atomic mass is 32.1. The van der Waals surface area contributed by atoms with Gasteiger partial charge in [0.25, 0.3) is 0 Å². The highest BCUT2D eigenvalue weighted by Gasteiger charge is 2.19. The van der Waals surface area contributed by atoms with Crippen LogP contribution in [0.5, 0.6) is 0 Å². The molecule has 4 heteroatoms. The molecule has 3 nitrogen and oxygen atoms in total. The third-order valence-electron chi connectivity index (χ3n) is 9.72. The summed E-state index contributed by atoms with van der Waals surface area (Å²) in [5.74, 6) is 0.637. The summed E-state index contributed by atoms with van der Waals surface area (Å²) < 4.78 is 8.78. The maximum atomic E-state index is 6.20. The molecule has 0 aliphatic carbocycles.